The maximum Gasteiger partial charge on any atom is 0.285 e. The van der Waals surface area contributed by atoms with E-state index in [-0.39, 0.29) is 5.91 Å². The predicted octanol–water partition coefficient (Wildman–Crippen LogP) is -0.116. The molecule has 1 aromatic heterocycles. The minimum absolute atomic E-state index is 0.358. The van der Waals surface area contributed by atoms with E-state index in [0.717, 1.165) is 17.7 Å². The molecule has 0 spiro atoms. The first kappa shape index (κ1) is 8.73. The van der Waals surface area contributed by atoms with E-state index >= 15 is 0 Å². The molecule has 1 aromatic rings. The quantitative estimate of drug-likeness (QED) is 0.327. The van der Waals surface area contributed by atoms with Gasteiger partial charge in [-0.05, 0) is 13.3 Å². The lowest BCUT2D eigenvalue weighted by Crippen LogP contribution is -2.30. The lowest BCUT2D eigenvalue weighted by molar-refractivity contribution is 0.0948. The zero-order valence-electron chi connectivity index (χ0n) is 7.14. The first-order chi connectivity index (χ1) is 5.70. The normalized spacial score (nSPS) is 9.92. The molecule has 1 amide bonds. The zero-order valence-corrected chi connectivity index (χ0v) is 7.14. The van der Waals surface area contributed by atoms with Gasteiger partial charge in [0, 0.05) is 11.3 Å². The van der Waals surface area contributed by atoms with Crippen LogP contribution in [0.15, 0.2) is 0 Å². The van der Waals surface area contributed by atoms with Crippen LogP contribution in [0.2, 0.25) is 0 Å². The van der Waals surface area contributed by atoms with Crippen LogP contribution in [0, 0.1) is 6.92 Å². The van der Waals surface area contributed by atoms with E-state index < -0.39 is 0 Å². The Morgan fingerprint density at radius 3 is 2.83 bits per heavy atom. The smallest absolute Gasteiger partial charge is 0.285 e. The Morgan fingerprint density at radius 2 is 2.42 bits per heavy atom. The fourth-order valence-electron chi connectivity index (χ4n) is 1.07. The zero-order chi connectivity index (χ0) is 9.14. The SMILES string of the molecule is CCc1[nH]nc(C(=O)NN)c1C. The van der Waals surface area contributed by atoms with Crippen LogP contribution in [0.3, 0.4) is 0 Å². The van der Waals surface area contributed by atoms with E-state index in [0.29, 0.717) is 5.69 Å². The molecule has 0 bridgehead atoms. The number of amides is 1. The van der Waals surface area contributed by atoms with Gasteiger partial charge in [0.15, 0.2) is 5.69 Å². The van der Waals surface area contributed by atoms with Crippen molar-refractivity contribution in [2.45, 2.75) is 20.3 Å². The van der Waals surface area contributed by atoms with E-state index in [4.69, 9.17) is 5.84 Å². The van der Waals surface area contributed by atoms with Crippen molar-refractivity contribution in [2.24, 2.45) is 5.84 Å². The number of nitrogens with zero attached hydrogens (tertiary/aromatic N) is 1. The second kappa shape index (κ2) is 3.36. The molecule has 0 aliphatic rings. The summed E-state index contributed by atoms with van der Waals surface area (Å²) in [5, 5.41) is 6.61. The number of carbonyl (C=O) groups is 1. The Hall–Kier alpha value is -1.36. The molecule has 5 nitrogen and oxygen atoms in total. The number of hydrogen-bond acceptors (Lipinski definition) is 3. The number of aromatic nitrogens is 2. The average molecular weight is 168 g/mol. The van der Waals surface area contributed by atoms with Crippen LogP contribution < -0.4 is 11.3 Å². The van der Waals surface area contributed by atoms with Gasteiger partial charge < -0.3 is 0 Å². The Kier molecular flexibility index (Phi) is 2.44. The number of aryl methyl sites for hydroxylation is 1. The fraction of sp³-hybridized carbons (Fsp3) is 0.429. The molecule has 1 rings (SSSR count). The Morgan fingerprint density at radius 1 is 1.75 bits per heavy atom. The lowest BCUT2D eigenvalue weighted by Gasteiger charge is -1.95. The Bertz CT molecular complexity index is 292. The summed E-state index contributed by atoms with van der Waals surface area (Å²) in [5.41, 5.74) is 4.24. The standard InChI is InChI=1S/C7H12N4O/c1-3-5-4(2)6(11-10-5)7(12)9-8/h3,8H2,1-2H3,(H,9,12)(H,10,11). The highest BCUT2D eigenvalue weighted by Gasteiger charge is 2.13. The summed E-state index contributed by atoms with van der Waals surface area (Å²) in [6.07, 6.45) is 0.830. The van der Waals surface area contributed by atoms with E-state index in [9.17, 15) is 4.79 Å². The minimum Gasteiger partial charge on any atom is -0.289 e. The van der Waals surface area contributed by atoms with E-state index in [2.05, 4.69) is 10.2 Å². The van der Waals surface area contributed by atoms with Crippen LogP contribution in [0.5, 0.6) is 0 Å². The molecule has 0 atom stereocenters. The monoisotopic (exact) mass is 168 g/mol. The van der Waals surface area contributed by atoms with Crippen molar-refractivity contribution in [3.63, 3.8) is 0 Å². The largest absolute Gasteiger partial charge is 0.289 e. The maximum absolute atomic E-state index is 11.0. The van der Waals surface area contributed by atoms with Crippen LogP contribution in [0.4, 0.5) is 0 Å². The van der Waals surface area contributed by atoms with Gasteiger partial charge in [0.05, 0.1) is 0 Å². The van der Waals surface area contributed by atoms with Crippen LogP contribution in [-0.2, 0) is 6.42 Å². The van der Waals surface area contributed by atoms with Crippen molar-refractivity contribution in [1.82, 2.24) is 15.6 Å². The molecule has 0 saturated carbocycles. The van der Waals surface area contributed by atoms with Crippen LogP contribution in [0.1, 0.15) is 28.7 Å². The van der Waals surface area contributed by atoms with Gasteiger partial charge in [-0.25, -0.2) is 5.84 Å². The van der Waals surface area contributed by atoms with Gasteiger partial charge in [-0.15, -0.1) is 0 Å². The van der Waals surface area contributed by atoms with Gasteiger partial charge in [-0.2, -0.15) is 5.10 Å². The lowest BCUT2D eigenvalue weighted by atomic mass is 10.2. The van der Waals surface area contributed by atoms with Gasteiger partial charge in [0.1, 0.15) is 0 Å². The van der Waals surface area contributed by atoms with Gasteiger partial charge in [0.25, 0.3) is 5.91 Å². The molecule has 4 N–H and O–H groups in total. The summed E-state index contributed by atoms with van der Waals surface area (Å²) in [6.45, 7) is 3.83. The van der Waals surface area contributed by atoms with Gasteiger partial charge in [-0.3, -0.25) is 15.3 Å². The number of nitrogens with one attached hydrogen (secondary N) is 2. The molecule has 0 aliphatic heterocycles. The number of hydrazine groups is 1. The maximum atomic E-state index is 11.0. The highest BCUT2D eigenvalue weighted by atomic mass is 16.2. The molecule has 0 fully saturated rings. The molecule has 5 heteroatoms. The second-order valence-corrected chi connectivity index (χ2v) is 2.50. The van der Waals surface area contributed by atoms with E-state index in [1.165, 1.54) is 0 Å². The van der Waals surface area contributed by atoms with E-state index in [1.54, 1.807) is 0 Å². The summed E-state index contributed by atoms with van der Waals surface area (Å²) in [4.78, 5) is 11.0. The van der Waals surface area contributed by atoms with Gasteiger partial charge in [0.2, 0.25) is 0 Å². The summed E-state index contributed by atoms with van der Waals surface area (Å²) in [6, 6.07) is 0. The van der Waals surface area contributed by atoms with Crippen LogP contribution in [0.25, 0.3) is 0 Å². The molecule has 0 saturated heterocycles. The van der Waals surface area contributed by atoms with Gasteiger partial charge >= 0.3 is 0 Å². The Labute approximate surface area is 70.3 Å². The minimum atomic E-state index is -0.358. The number of nitrogen functional groups attached to an aromatic ring is 1. The summed E-state index contributed by atoms with van der Waals surface area (Å²) >= 11 is 0. The van der Waals surface area contributed by atoms with Gasteiger partial charge in [-0.1, -0.05) is 6.92 Å². The number of nitrogens with two attached hydrogens (primary N) is 1. The summed E-state index contributed by atoms with van der Waals surface area (Å²) < 4.78 is 0. The highest BCUT2D eigenvalue weighted by Crippen LogP contribution is 2.09. The predicted molar refractivity (Wildman–Crippen MR) is 44.4 cm³/mol. The third kappa shape index (κ3) is 1.31. The molecule has 66 valence electrons. The first-order valence-corrected chi connectivity index (χ1v) is 3.75. The third-order valence-electron chi connectivity index (χ3n) is 1.81. The molecular weight excluding hydrogens is 156 g/mol. The van der Waals surface area contributed by atoms with Crippen molar-refractivity contribution in [3.05, 3.63) is 17.0 Å². The molecule has 0 aliphatic carbocycles. The molecule has 12 heavy (non-hydrogen) atoms. The van der Waals surface area contributed by atoms with Crippen LogP contribution in [-0.4, -0.2) is 16.1 Å². The highest BCUT2D eigenvalue weighted by molar-refractivity contribution is 5.93. The number of H-pyrrole nitrogens is 1. The first-order valence-electron chi connectivity index (χ1n) is 3.75. The number of rotatable bonds is 2. The number of carbonyl (C=O) groups excluding carboxylic acids is 1. The van der Waals surface area contributed by atoms with Crippen molar-refractivity contribution >= 4 is 5.91 Å². The summed E-state index contributed by atoms with van der Waals surface area (Å²) in [7, 11) is 0. The van der Waals surface area contributed by atoms with Crippen LogP contribution >= 0.6 is 0 Å². The topological polar surface area (TPSA) is 83.8 Å². The van der Waals surface area contributed by atoms with Crippen molar-refractivity contribution in [1.29, 1.82) is 0 Å². The molecule has 0 radical (unpaired) electrons. The van der Waals surface area contributed by atoms with Crippen molar-refractivity contribution in [2.75, 3.05) is 0 Å². The van der Waals surface area contributed by atoms with Crippen molar-refractivity contribution < 1.29 is 4.79 Å². The fourth-order valence-corrected chi connectivity index (χ4v) is 1.07. The van der Waals surface area contributed by atoms with E-state index in [1.807, 2.05) is 19.3 Å². The second-order valence-electron chi connectivity index (χ2n) is 2.50. The summed E-state index contributed by atoms with van der Waals surface area (Å²) in [5.74, 6) is 4.61. The molecule has 0 aromatic carbocycles. The number of hydrogen-bond donors (Lipinski definition) is 3. The molecule has 1 heterocycles. The number of aromatic amines is 1. The molecule has 0 unspecified atom stereocenters. The average Bonchev–Trinajstić information content (AvgIpc) is 2.45. The van der Waals surface area contributed by atoms with Crippen molar-refractivity contribution in [3.8, 4) is 0 Å². The Balaban J connectivity index is 3.02. The third-order valence-corrected chi connectivity index (χ3v) is 1.81. The molecular formula is C7H12N4O.